The largest absolute Gasteiger partial charge is 0.463 e. The van der Waals surface area contributed by atoms with Gasteiger partial charge in [0, 0.05) is 31.7 Å². The van der Waals surface area contributed by atoms with E-state index in [1.165, 1.54) is 5.56 Å². The third-order valence-corrected chi connectivity index (χ3v) is 10.6. The van der Waals surface area contributed by atoms with E-state index in [-0.39, 0.29) is 41.5 Å². The number of nitrogens with zero attached hydrogens (tertiary/aromatic N) is 4. The van der Waals surface area contributed by atoms with Crippen LogP contribution in [0.3, 0.4) is 0 Å². The minimum atomic E-state index is -0.730. The van der Waals surface area contributed by atoms with Crippen molar-refractivity contribution >= 4 is 34.7 Å². The van der Waals surface area contributed by atoms with E-state index in [0.29, 0.717) is 75.6 Å². The summed E-state index contributed by atoms with van der Waals surface area (Å²) in [6, 6.07) is 7.68. The van der Waals surface area contributed by atoms with Gasteiger partial charge < -0.3 is 36.1 Å². The number of carbonyl (C=O) groups is 3. The first-order chi connectivity index (χ1) is 28.1. The number of nitrogens with two attached hydrogens (primary N) is 2. The maximum Gasteiger partial charge on any atom is 0.328 e. The molecule has 2 aromatic heterocycles. The van der Waals surface area contributed by atoms with E-state index in [1.807, 2.05) is 46.8 Å². The van der Waals surface area contributed by atoms with Crippen molar-refractivity contribution in [2.75, 3.05) is 51.7 Å². The number of aromatic nitrogens is 4. The number of anilines is 1. The molecule has 1 saturated heterocycles. The highest BCUT2D eigenvalue weighted by atomic mass is 16.6. The van der Waals surface area contributed by atoms with Crippen molar-refractivity contribution in [3.63, 3.8) is 0 Å². The molecule has 17 nitrogen and oxygen atoms in total. The Morgan fingerprint density at radius 3 is 2.31 bits per heavy atom. The molecule has 8 N–H and O–H groups in total. The Morgan fingerprint density at radius 2 is 1.64 bits per heavy atom. The lowest BCUT2D eigenvalue weighted by molar-refractivity contribution is -0.131. The van der Waals surface area contributed by atoms with Gasteiger partial charge in [0.05, 0.1) is 18.8 Å². The quantitative estimate of drug-likeness (QED) is 0.0563. The van der Waals surface area contributed by atoms with Crippen molar-refractivity contribution < 1.29 is 28.7 Å². The Bertz CT molecular complexity index is 1850. The van der Waals surface area contributed by atoms with Gasteiger partial charge in [0.1, 0.15) is 18.2 Å². The molecule has 17 heteroatoms. The lowest BCUT2D eigenvalue weighted by Crippen LogP contribution is -2.48. The van der Waals surface area contributed by atoms with Gasteiger partial charge in [-0.2, -0.15) is 9.97 Å². The predicted molar refractivity (Wildman–Crippen MR) is 227 cm³/mol. The van der Waals surface area contributed by atoms with Crippen LogP contribution in [0.1, 0.15) is 110 Å². The molecule has 0 spiro atoms. The minimum absolute atomic E-state index is 0.0402. The maximum absolute atomic E-state index is 13.2. The SMILES string of the molecule is CCCCOc1nc(N)c2[nH]c(=O)n(Cc3ccc(CN4CCC(CCNC(=O)[C@H](CCCCNC(=O)C(C)(C)CCOC(C)(C)C)NC(=O)CON)CC4)cc3)c2n1. The van der Waals surface area contributed by atoms with Gasteiger partial charge in [-0.25, -0.2) is 10.7 Å². The molecule has 0 unspecified atom stereocenters. The van der Waals surface area contributed by atoms with Crippen LogP contribution in [0, 0.1) is 11.3 Å². The minimum Gasteiger partial charge on any atom is -0.463 e. The zero-order valence-electron chi connectivity index (χ0n) is 36.0. The summed E-state index contributed by atoms with van der Waals surface area (Å²) in [5.74, 6) is 4.99. The lowest BCUT2D eigenvalue weighted by atomic mass is 9.88. The summed E-state index contributed by atoms with van der Waals surface area (Å²) in [6.45, 7) is 16.5. The second-order valence-corrected chi connectivity index (χ2v) is 17.2. The number of H-pyrrole nitrogens is 1. The normalized spacial score (nSPS) is 14.6. The van der Waals surface area contributed by atoms with Crippen molar-refractivity contribution in [3.05, 3.63) is 45.9 Å². The number of imidazole rings is 1. The van der Waals surface area contributed by atoms with Crippen molar-refractivity contribution in [2.24, 2.45) is 17.2 Å². The summed E-state index contributed by atoms with van der Waals surface area (Å²) >= 11 is 0. The Morgan fingerprint density at radius 1 is 0.949 bits per heavy atom. The third kappa shape index (κ3) is 15.5. The Hall–Kier alpha value is -4.58. The van der Waals surface area contributed by atoms with Crippen LogP contribution < -0.4 is 38.0 Å². The number of fused-ring (bicyclic) bond motifs is 1. The van der Waals surface area contributed by atoms with Crippen LogP contribution in [0.4, 0.5) is 5.82 Å². The first-order valence-electron chi connectivity index (χ1n) is 21.1. The number of benzene rings is 1. The number of piperidine rings is 1. The number of nitrogen functional groups attached to an aromatic ring is 1. The van der Waals surface area contributed by atoms with Crippen molar-refractivity contribution in [1.29, 1.82) is 0 Å². The van der Waals surface area contributed by atoms with Crippen LogP contribution in [0.2, 0.25) is 0 Å². The molecule has 59 heavy (non-hydrogen) atoms. The molecule has 1 aromatic carbocycles. The molecule has 0 aliphatic carbocycles. The first kappa shape index (κ1) is 47.1. The average molecular weight is 825 g/mol. The monoisotopic (exact) mass is 825 g/mol. The summed E-state index contributed by atoms with van der Waals surface area (Å²) in [5.41, 5.74) is 7.93. The summed E-state index contributed by atoms with van der Waals surface area (Å²) in [4.78, 5) is 69.4. The third-order valence-electron chi connectivity index (χ3n) is 10.6. The second-order valence-electron chi connectivity index (χ2n) is 17.2. The van der Waals surface area contributed by atoms with Crippen LogP contribution in [-0.4, -0.2) is 99.8 Å². The zero-order valence-corrected chi connectivity index (χ0v) is 36.0. The molecule has 328 valence electrons. The highest BCUT2D eigenvalue weighted by molar-refractivity contribution is 5.88. The lowest BCUT2D eigenvalue weighted by Gasteiger charge is -2.32. The van der Waals surface area contributed by atoms with E-state index in [0.717, 1.165) is 57.3 Å². The zero-order chi connectivity index (χ0) is 43.0. The molecule has 3 amide bonds. The van der Waals surface area contributed by atoms with E-state index in [4.69, 9.17) is 21.1 Å². The van der Waals surface area contributed by atoms with Gasteiger partial charge in [0.2, 0.25) is 17.7 Å². The number of hydrogen-bond acceptors (Lipinski definition) is 12. The highest BCUT2D eigenvalue weighted by Gasteiger charge is 2.28. The smallest absolute Gasteiger partial charge is 0.328 e. The summed E-state index contributed by atoms with van der Waals surface area (Å²) < 4.78 is 13.0. The Labute approximate surface area is 348 Å². The molecule has 0 saturated carbocycles. The maximum atomic E-state index is 13.2. The second kappa shape index (κ2) is 22.7. The van der Waals surface area contributed by atoms with E-state index < -0.39 is 17.4 Å². The number of carbonyl (C=O) groups excluding carboxylic acids is 3. The van der Waals surface area contributed by atoms with Crippen LogP contribution in [0.15, 0.2) is 29.1 Å². The molecule has 1 atom stereocenters. The fourth-order valence-corrected chi connectivity index (χ4v) is 6.92. The number of unbranched alkanes of at least 4 members (excludes halogenated alkanes) is 2. The van der Waals surface area contributed by atoms with E-state index in [2.05, 4.69) is 59.7 Å². The van der Waals surface area contributed by atoms with Gasteiger partial charge >= 0.3 is 11.7 Å². The molecule has 1 aliphatic rings. The van der Waals surface area contributed by atoms with Crippen LogP contribution >= 0.6 is 0 Å². The molecular weight excluding hydrogens is 757 g/mol. The molecule has 1 fully saturated rings. The van der Waals surface area contributed by atoms with E-state index in [1.54, 1.807) is 4.57 Å². The fourth-order valence-electron chi connectivity index (χ4n) is 6.92. The molecule has 1 aliphatic heterocycles. The van der Waals surface area contributed by atoms with Gasteiger partial charge in [-0.1, -0.05) is 51.5 Å². The van der Waals surface area contributed by atoms with Gasteiger partial charge in [-0.3, -0.25) is 28.7 Å². The predicted octanol–water partition coefficient (Wildman–Crippen LogP) is 3.54. The summed E-state index contributed by atoms with van der Waals surface area (Å²) in [6.07, 6.45) is 7.03. The first-order valence-corrected chi connectivity index (χ1v) is 21.1. The van der Waals surface area contributed by atoms with Crippen LogP contribution in [0.5, 0.6) is 6.01 Å². The van der Waals surface area contributed by atoms with Crippen molar-refractivity contribution in [1.82, 2.24) is 40.4 Å². The van der Waals surface area contributed by atoms with Gasteiger partial charge in [0.15, 0.2) is 11.5 Å². The summed E-state index contributed by atoms with van der Waals surface area (Å²) in [5, 5.41) is 8.76. The number of hydrogen-bond donors (Lipinski definition) is 6. The number of amides is 3. The van der Waals surface area contributed by atoms with Crippen LogP contribution in [0.25, 0.3) is 11.2 Å². The number of likely N-dealkylation sites (tertiary alicyclic amines) is 1. The summed E-state index contributed by atoms with van der Waals surface area (Å²) in [7, 11) is 0. The molecule has 3 aromatic rings. The number of ether oxygens (including phenoxy) is 2. The van der Waals surface area contributed by atoms with Crippen molar-refractivity contribution in [2.45, 2.75) is 124 Å². The van der Waals surface area contributed by atoms with E-state index >= 15 is 0 Å². The fraction of sp³-hybridized carbons (Fsp3) is 0.667. The van der Waals surface area contributed by atoms with Gasteiger partial charge in [-0.05, 0) is 102 Å². The number of aromatic amines is 1. The number of nitrogens with one attached hydrogen (secondary N) is 4. The molecule has 0 radical (unpaired) electrons. The van der Waals surface area contributed by atoms with Gasteiger partial charge in [-0.15, -0.1) is 0 Å². The standard InChI is InChI=1S/C42H68N10O7/c1-7-8-24-57-39-49-35(43)34-36(50-39)52(40(56)48-34)27-31-14-12-30(13-15-31)26-51-22-17-29(18-23-51)16-21-45-37(54)32(47-33(53)28-59-44)11-9-10-20-46-38(55)42(5,6)19-25-58-41(2,3)4/h12-15,29,32H,7-11,16-28,44H2,1-6H3,(H,45,54)(H,46,55)(H,47,53)(H,48,56)(H2,43,49,50)/t32-/m0/s1. The Kier molecular flexibility index (Phi) is 18.1. The molecule has 4 rings (SSSR count). The van der Waals surface area contributed by atoms with Gasteiger partial charge in [0.25, 0.3) is 0 Å². The van der Waals surface area contributed by atoms with Crippen LogP contribution in [-0.2, 0) is 37.0 Å². The molecule has 0 bridgehead atoms. The number of rotatable bonds is 24. The molecule has 3 heterocycles. The van der Waals surface area contributed by atoms with E-state index in [9.17, 15) is 19.2 Å². The van der Waals surface area contributed by atoms with Crippen molar-refractivity contribution in [3.8, 4) is 6.01 Å². The average Bonchev–Trinajstić information content (AvgIpc) is 3.49. The topological polar surface area (TPSA) is 234 Å². The Balaban J connectivity index is 1.17. The highest BCUT2D eigenvalue weighted by Crippen LogP contribution is 2.24. The molecular formula is C42H68N10O7.